The molecule has 1 atom stereocenters. The first-order valence-corrected chi connectivity index (χ1v) is 6.12. The van der Waals surface area contributed by atoms with Crippen molar-refractivity contribution in [3.8, 4) is 5.75 Å². The van der Waals surface area contributed by atoms with E-state index in [1.54, 1.807) is 13.4 Å². The Morgan fingerprint density at radius 2 is 2.22 bits per heavy atom. The van der Waals surface area contributed by atoms with E-state index in [2.05, 4.69) is 28.3 Å². The van der Waals surface area contributed by atoms with Crippen LogP contribution in [0.4, 0.5) is 0 Å². The van der Waals surface area contributed by atoms with Crippen LogP contribution in [-0.4, -0.2) is 23.1 Å². The molecule has 0 saturated carbocycles. The van der Waals surface area contributed by atoms with Crippen molar-refractivity contribution in [1.29, 1.82) is 0 Å². The van der Waals surface area contributed by atoms with Crippen LogP contribution in [0, 0.1) is 0 Å². The van der Waals surface area contributed by atoms with Crippen LogP contribution in [0.15, 0.2) is 36.8 Å². The van der Waals surface area contributed by atoms with Gasteiger partial charge in [0.15, 0.2) is 0 Å². The Morgan fingerprint density at radius 3 is 2.94 bits per heavy atom. The average molecular weight is 245 g/mol. The fourth-order valence-corrected chi connectivity index (χ4v) is 1.94. The van der Waals surface area contributed by atoms with E-state index in [-0.39, 0.29) is 0 Å². The maximum atomic E-state index is 5.35. The van der Waals surface area contributed by atoms with Crippen molar-refractivity contribution in [1.82, 2.24) is 15.3 Å². The zero-order chi connectivity index (χ0) is 12.8. The lowest BCUT2D eigenvalue weighted by Crippen LogP contribution is -2.27. The fraction of sp³-hybridized carbons (Fsp3) is 0.357. The number of ether oxygens (including phenoxy) is 1. The van der Waals surface area contributed by atoms with Crippen molar-refractivity contribution < 1.29 is 4.74 Å². The first kappa shape index (κ1) is 12.6. The van der Waals surface area contributed by atoms with E-state index >= 15 is 0 Å². The smallest absolute Gasteiger partial charge is 0.122 e. The summed E-state index contributed by atoms with van der Waals surface area (Å²) in [4.78, 5) is 7.08. The van der Waals surface area contributed by atoms with Crippen LogP contribution in [0.3, 0.4) is 0 Å². The molecule has 96 valence electrons. The Morgan fingerprint density at radius 1 is 1.39 bits per heavy atom. The van der Waals surface area contributed by atoms with Crippen LogP contribution in [-0.2, 0) is 13.0 Å². The van der Waals surface area contributed by atoms with Gasteiger partial charge < -0.3 is 15.0 Å². The van der Waals surface area contributed by atoms with Gasteiger partial charge in [0.2, 0.25) is 0 Å². The number of aromatic amines is 1. The Bertz CT molecular complexity index is 468. The molecule has 0 amide bonds. The molecule has 0 saturated heterocycles. The third kappa shape index (κ3) is 3.34. The van der Waals surface area contributed by atoms with E-state index in [1.165, 1.54) is 5.56 Å². The first-order valence-electron chi connectivity index (χ1n) is 6.12. The lowest BCUT2D eigenvalue weighted by Gasteiger charge is -2.15. The molecular weight excluding hydrogens is 226 g/mol. The highest BCUT2D eigenvalue weighted by molar-refractivity contribution is 5.33. The van der Waals surface area contributed by atoms with Gasteiger partial charge in [0.1, 0.15) is 5.75 Å². The SMILES string of the molecule is COc1ccccc1CC(C)NCc1cnc[nH]1. The van der Waals surface area contributed by atoms with Gasteiger partial charge in [-0.05, 0) is 25.0 Å². The molecular formula is C14H19N3O. The lowest BCUT2D eigenvalue weighted by atomic mass is 10.1. The summed E-state index contributed by atoms with van der Waals surface area (Å²) in [5, 5.41) is 3.46. The van der Waals surface area contributed by atoms with Gasteiger partial charge in [-0.15, -0.1) is 0 Å². The number of nitrogens with zero attached hydrogens (tertiary/aromatic N) is 1. The summed E-state index contributed by atoms with van der Waals surface area (Å²) in [6.45, 7) is 2.97. The molecule has 1 aromatic carbocycles. The highest BCUT2D eigenvalue weighted by Gasteiger charge is 2.07. The molecule has 0 aliphatic heterocycles. The molecule has 0 aliphatic rings. The van der Waals surface area contributed by atoms with E-state index < -0.39 is 0 Å². The molecule has 4 heteroatoms. The van der Waals surface area contributed by atoms with E-state index in [9.17, 15) is 0 Å². The number of nitrogens with one attached hydrogen (secondary N) is 2. The van der Waals surface area contributed by atoms with Crippen LogP contribution >= 0.6 is 0 Å². The average Bonchev–Trinajstić information content (AvgIpc) is 2.90. The minimum Gasteiger partial charge on any atom is -0.496 e. The fourth-order valence-electron chi connectivity index (χ4n) is 1.94. The molecule has 0 aliphatic carbocycles. The summed E-state index contributed by atoms with van der Waals surface area (Å²) in [7, 11) is 1.71. The Labute approximate surface area is 107 Å². The highest BCUT2D eigenvalue weighted by atomic mass is 16.5. The monoisotopic (exact) mass is 245 g/mol. The lowest BCUT2D eigenvalue weighted by molar-refractivity contribution is 0.406. The zero-order valence-corrected chi connectivity index (χ0v) is 10.8. The second kappa shape index (κ2) is 6.21. The maximum Gasteiger partial charge on any atom is 0.122 e. The van der Waals surface area contributed by atoms with Crippen LogP contribution in [0.1, 0.15) is 18.2 Å². The molecule has 1 heterocycles. The Kier molecular flexibility index (Phi) is 4.36. The summed E-state index contributed by atoms with van der Waals surface area (Å²) < 4.78 is 5.35. The molecule has 1 aromatic heterocycles. The number of rotatable bonds is 6. The second-order valence-corrected chi connectivity index (χ2v) is 4.37. The summed E-state index contributed by atoms with van der Waals surface area (Å²) in [5.41, 5.74) is 2.33. The minimum absolute atomic E-state index is 0.379. The minimum atomic E-state index is 0.379. The molecule has 1 unspecified atom stereocenters. The number of methoxy groups -OCH3 is 1. The number of hydrogen-bond donors (Lipinski definition) is 2. The number of imidazole rings is 1. The Hall–Kier alpha value is -1.81. The molecule has 0 radical (unpaired) electrons. The van der Waals surface area contributed by atoms with E-state index in [1.807, 2.05) is 24.4 Å². The largest absolute Gasteiger partial charge is 0.496 e. The molecule has 0 spiro atoms. The predicted octanol–water partition coefficient (Wildman–Crippen LogP) is 2.14. The van der Waals surface area contributed by atoms with Gasteiger partial charge in [-0.1, -0.05) is 18.2 Å². The van der Waals surface area contributed by atoms with Crippen molar-refractivity contribution in [3.05, 3.63) is 48.0 Å². The van der Waals surface area contributed by atoms with Gasteiger partial charge in [-0.25, -0.2) is 4.98 Å². The van der Waals surface area contributed by atoms with Gasteiger partial charge in [0.25, 0.3) is 0 Å². The third-order valence-electron chi connectivity index (χ3n) is 2.91. The van der Waals surface area contributed by atoms with Crippen LogP contribution in [0.2, 0.25) is 0 Å². The third-order valence-corrected chi connectivity index (χ3v) is 2.91. The second-order valence-electron chi connectivity index (χ2n) is 4.37. The number of H-pyrrole nitrogens is 1. The molecule has 0 bridgehead atoms. The first-order chi connectivity index (χ1) is 8.79. The molecule has 2 aromatic rings. The zero-order valence-electron chi connectivity index (χ0n) is 10.8. The van der Waals surface area contributed by atoms with Gasteiger partial charge in [-0.2, -0.15) is 0 Å². The summed E-state index contributed by atoms with van der Waals surface area (Å²) >= 11 is 0. The van der Waals surface area contributed by atoms with Crippen LogP contribution < -0.4 is 10.1 Å². The molecule has 18 heavy (non-hydrogen) atoms. The topological polar surface area (TPSA) is 49.9 Å². The van der Waals surface area contributed by atoms with Crippen molar-refractivity contribution >= 4 is 0 Å². The standard InChI is InChI=1S/C14H19N3O/c1-11(16-9-13-8-15-10-17-13)7-12-5-3-4-6-14(12)18-2/h3-6,8,10-11,16H,7,9H2,1-2H3,(H,15,17). The van der Waals surface area contributed by atoms with Gasteiger partial charge in [0, 0.05) is 24.5 Å². The number of aromatic nitrogens is 2. The van der Waals surface area contributed by atoms with Crippen molar-refractivity contribution in [3.63, 3.8) is 0 Å². The van der Waals surface area contributed by atoms with E-state index in [0.717, 1.165) is 24.4 Å². The molecule has 0 fully saturated rings. The number of benzene rings is 1. The van der Waals surface area contributed by atoms with E-state index in [0.29, 0.717) is 6.04 Å². The van der Waals surface area contributed by atoms with Crippen molar-refractivity contribution in [2.45, 2.75) is 25.9 Å². The van der Waals surface area contributed by atoms with Crippen LogP contribution in [0.25, 0.3) is 0 Å². The van der Waals surface area contributed by atoms with Crippen LogP contribution in [0.5, 0.6) is 5.75 Å². The maximum absolute atomic E-state index is 5.35. The van der Waals surface area contributed by atoms with Crippen molar-refractivity contribution in [2.24, 2.45) is 0 Å². The van der Waals surface area contributed by atoms with Gasteiger partial charge in [0.05, 0.1) is 13.4 Å². The Balaban J connectivity index is 1.88. The molecule has 2 N–H and O–H groups in total. The number of hydrogen-bond acceptors (Lipinski definition) is 3. The summed E-state index contributed by atoms with van der Waals surface area (Å²) in [5.74, 6) is 0.952. The van der Waals surface area contributed by atoms with E-state index in [4.69, 9.17) is 4.74 Å². The molecule has 2 rings (SSSR count). The van der Waals surface area contributed by atoms with Gasteiger partial charge in [-0.3, -0.25) is 0 Å². The highest BCUT2D eigenvalue weighted by Crippen LogP contribution is 2.18. The number of para-hydroxylation sites is 1. The normalized spacial score (nSPS) is 12.3. The predicted molar refractivity (Wildman–Crippen MR) is 71.6 cm³/mol. The quantitative estimate of drug-likeness (QED) is 0.819. The summed E-state index contributed by atoms with van der Waals surface area (Å²) in [6, 6.07) is 8.51. The van der Waals surface area contributed by atoms with Gasteiger partial charge >= 0.3 is 0 Å². The van der Waals surface area contributed by atoms with Crippen molar-refractivity contribution in [2.75, 3.05) is 7.11 Å². The molecule has 4 nitrogen and oxygen atoms in total. The summed E-state index contributed by atoms with van der Waals surface area (Å²) in [6.07, 6.45) is 4.48.